The lowest BCUT2D eigenvalue weighted by atomic mass is 10.0. The molecule has 292 valence electrons. The van der Waals surface area contributed by atoms with Gasteiger partial charge < -0.3 is 18.9 Å². The van der Waals surface area contributed by atoms with Crippen LogP contribution in [0.3, 0.4) is 0 Å². The number of esters is 2. The Labute approximate surface area is 304 Å². The van der Waals surface area contributed by atoms with Crippen LogP contribution in [0.15, 0.2) is 24.3 Å². The summed E-state index contributed by atoms with van der Waals surface area (Å²) in [5.41, 5.74) is 0. The number of hydrogen-bond acceptors (Lipinski definition) is 8. The number of carbonyl (C=O) groups is 3. The number of unbranched alkanes of at least 4 members (excludes halogenated alkanes) is 19. The van der Waals surface area contributed by atoms with Gasteiger partial charge in [-0.15, -0.1) is 0 Å². The Morgan fingerprint density at radius 2 is 1.16 bits per heavy atom. The predicted octanol–water partition coefficient (Wildman–Crippen LogP) is 9.58. The van der Waals surface area contributed by atoms with E-state index >= 15 is 0 Å². The third-order valence-electron chi connectivity index (χ3n) is 8.34. The summed E-state index contributed by atoms with van der Waals surface area (Å²) in [5, 5.41) is 0. The van der Waals surface area contributed by atoms with Crippen LogP contribution in [0.1, 0.15) is 155 Å². The van der Waals surface area contributed by atoms with Gasteiger partial charge in [-0.1, -0.05) is 134 Å². The Morgan fingerprint density at radius 1 is 0.660 bits per heavy atom. The van der Waals surface area contributed by atoms with Crippen LogP contribution in [0.25, 0.3) is 0 Å². The number of aldehydes is 1. The SMILES string of the molecule is CCCCCCCCCCCCCCCCCC(=O)OC[C@@H](COP(=O)(O)OCC[N+](C)(C)C)OC(=O)CCCCCCC/C=C/C=C/C=O. The molecule has 0 aliphatic rings. The average Bonchev–Trinajstić information content (AvgIpc) is 3.06. The van der Waals surface area contributed by atoms with Crippen molar-refractivity contribution < 1.29 is 46.8 Å². The second-order valence-corrected chi connectivity index (χ2v) is 15.8. The number of carbonyl (C=O) groups excluding carboxylic acids is 3. The third-order valence-corrected chi connectivity index (χ3v) is 9.33. The molecule has 0 radical (unpaired) electrons. The average molecular weight is 731 g/mol. The Bertz CT molecular complexity index is 948. The number of hydrogen-bond donors (Lipinski definition) is 1. The summed E-state index contributed by atoms with van der Waals surface area (Å²) in [6.07, 6.45) is 31.4. The van der Waals surface area contributed by atoms with Crippen LogP contribution in [0.4, 0.5) is 0 Å². The normalized spacial score (nSPS) is 13.9. The van der Waals surface area contributed by atoms with Crippen LogP contribution in [0.2, 0.25) is 0 Å². The molecule has 0 heterocycles. The van der Waals surface area contributed by atoms with Gasteiger partial charge in [0.05, 0.1) is 27.7 Å². The van der Waals surface area contributed by atoms with Crippen LogP contribution >= 0.6 is 7.82 Å². The second kappa shape index (κ2) is 33.0. The molecule has 1 unspecified atom stereocenters. The van der Waals surface area contributed by atoms with Crippen molar-refractivity contribution in [2.75, 3.05) is 47.5 Å². The second-order valence-electron chi connectivity index (χ2n) is 14.4. The number of allylic oxidation sites excluding steroid dienone is 4. The van der Waals surface area contributed by atoms with E-state index in [1.54, 1.807) is 6.08 Å². The number of phosphoric ester groups is 1. The topological polar surface area (TPSA) is 125 Å². The molecule has 0 spiro atoms. The Morgan fingerprint density at radius 3 is 1.68 bits per heavy atom. The molecule has 0 rings (SSSR count). The molecule has 0 aromatic rings. The standard InChI is InChI=1S/C39H72NO9P/c1-5-6-7-8-9-10-11-12-13-14-15-18-21-24-27-30-38(42)46-35-37(36-48-50(44,45)47-34-32-40(2,3)4)49-39(43)31-28-25-22-19-16-17-20-23-26-29-33-41/h20,23,26,29,33,37H,5-19,21-22,24-25,27-28,30-32,34-36H2,1-4H3/p+1/b23-20+,29-26+/t37-/m0/s1. The molecular weight excluding hydrogens is 657 g/mol. The third kappa shape index (κ3) is 36.0. The van der Waals surface area contributed by atoms with E-state index in [2.05, 4.69) is 6.92 Å². The lowest BCUT2D eigenvalue weighted by Gasteiger charge is -2.24. The predicted molar refractivity (Wildman–Crippen MR) is 202 cm³/mol. The fraction of sp³-hybridized carbons (Fsp3) is 0.821. The first kappa shape index (κ1) is 48.2. The fourth-order valence-corrected chi connectivity index (χ4v) is 5.99. The largest absolute Gasteiger partial charge is 0.472 e. The minimum Gasteiger partial charge on any atom is -0.462 e. The number of ether oxygens (including phenoxy) is 2. The minimum atomic E-state index is -4.38. The van der Waals surface area contributed by atoms with Crippen molar-refractivity contribution in [3.05, 3.63) is 24.3 Å². The first-order valence-electron chi connectivity index (χ1n) is 19.5. The van der Waals surface area contributed by atoms with Crippen LogP contribution < -0.4 is 0 Å². The zero-order chi connectivity index (χ0) is 37.2. The molecule has 11 heteroatoms. The molecule has 10 nitrogen and oxygen atoms in total. The van der Waals surface area contributed by atoms with Gasteiger partial charge in [-0.3, -0.25) is 23.4 Å². The van der Waals surface area contributed by atoms with Crippen molar-refractivity contribution in [3.8, 4) is 0 Å². The zero-order valence-corrected chi connectivity index (χ0v) is 33.1. The molecule has 0 aliphatic carbocycles. The van der Waals surface area contributed by atoms with E-state index in [9.17, 15) is 23.8 Å². The molecule has 0 bridgehead atoms. The molecular formula is C39H73NO9P+. The molecule has 0 amide bonds. The highest BCUT2D eigenvalue weighted by molar-refractivity contribution is 7.47. The van der Waals surface area contributed by atoms with E-state index in [0.717, 1.165) is 57.7 Å². The highest BCUT2D eigenvalue weighted by Crippen LogP contribution is 2.43. The van der Waals surface area contributed by atoms with E-state index in [1.807, 2.05) is 33.3 Å². The van der Waals surface area contributed by atoms with Gasteiger partial charge in [-0.05, 0) is 31.8 Å². The van der Waals surface area contributed by atoms with Crippen LogP contribution in [0, 0.1) is 0 Å². The van der Waals surface area contributed by atoms with Gasteiger partial charge in [-0.2, -0.15) is 0 Å². The van der Waals surface area contributed by atoms with Crippen LogP contribution in [-0.4, -0.2) is 81.2 Å². The maximum absolute atomic E-state index is 12.6. The van der Waals surface area contributed by atoms with Gasteiger partial charge in [0, 0.05) is 12.8 Å². The van der Waals surface area contributed by atoms with Crippen LogP contribution in [-0.2, 0) is 37.5 Å². The number of phosphoric acid groups is 1. The molecule has 2 atom stereocenters. The summed E-state index contributed by atoms with van der Waals surface area (Å²) < 4.78 is 34.1. The van der Waals surface area contributed by atoms with Crippen molar-refractivity contribution >= 4 is 26.0 Å². The summed E-state index contributed by atoms with van der Waals surface area (Å²) in [6.45, 7) is 2.09. The van der Waals surface area contributed by atoms with Gasteiger partial charge in [-0.25, -0.2) is 4.57 Å². The molecule has 1 N–H and O–H groups in total. The van der Waals surface area contributed by atoms with Gasteiger partial charge in [0.1, 0.15) is 26.0 Å². The molecule has 0 saturated heterocycles. The maximum Gasteiger partial charge on any atom is 0.472 e. The van der Waals surface area contributed by atoms with E-state index in [1.165, 1.54) is 83.1 Å². The number of quaternary nitrogens is 1. The van der Waals surface area contributed by atoms with Crippen molar-refractivity contribution in [1.29, 1.82) is 0 Å². The monoisotopic (exact) mass is 731 g/mol. The van der Waals surface area contributed by atoms with E-state index in [-0.39, 0.29) is 32.0 Å². The van der Waals surface area contributed by atoms with Crippen molar-refractivity contribution in [3.63, 3.8) is 0 Å². The number of likely N-dealkylation sites (N-methyl/N-ethyl adjacent to an activating group) is 1. The molecule has 0 aliphatic heterocycles. The molecule has 0 aromatic carbocycles. The van der Waals surface area contributed by atoms with Gasteiger partial charge in [0.25, 0.3) is 0 Å². The Kier molecular flexibility index (Phi) is 31.8. The summed E-state index contributed by atoms with van der Waals surface area (Å²) in [6, 6.07) is 0. The molecule has 0 saturated carbocycles. The highest BCUT2D eigenvalue weighted by Gasteiger charge is 2.27. The fourth-order valence-electron chi connectivity index (χ4n) is 5.25. The summed E-state index contributed by atoms with van der Waals surface area (Å²) in [7, 11) is 1.42. The van der Waals surface area contributed by atoms with Crippen molar-refractivity contribution in [2.45, 2.75) is 161 Å². The van der Waals surface area contributed by atoms with Crippen molar-refractivity contribution in [1.82, 2.24) is 0 Å². The summed E-state index contributed by atoms with van der Waals surface area (Å²) in [5.74, 6) is -0.859. The molecule has 50 heavy (non-hydrogen) atoms. The minimum absolute atomic E-state index is 0.0173. The number of rotatable bonds is 36. The lowest BCUT2D eigenvalue weighted by molar-refractivity contribution is -0.870. The van der Waals surface area contributed by atoms with Crippen molar-refractivity contribution in [2.24, 2.45) is 0 Å². The zero-order valence-electron chi connectivity index (χ0n) is 32.2. The van der Waals surface area contributed by atoms with E-state index in [4.69, 9.17) is 18.5 Å². The highest BCUT2D eigenvalue weighted by atomic mass is 31.2. The van der Waals surface area contributed by atoms with Crippen LogP contribution in [0.5, 0.6) is 0 Å². The Balaban J connectivity index is 4.38. The number of nitrogens with zero attached hydrogens (tertiary/aromatic N) is 1. The van der Waals surface area contributed by atoms with Gasteiger partial charge >= 0.3 is 19.8 Å². The maximum atomic E-state index is 12.6. The smallest absolute Gasteiger partial charge is 0.462 e. The first-order valence-corrected chi connectivity index (χ1v) is 21.0. The van der Waals surface area contributed by atoms with E-state index in [0.29, 0.717) is 17.4 Å². The first-order chi connectivity index (χ1) is 24.0. The molecule has 0 aromatic heterocycles. The lowest BCUT2D eigenvalue weighted by Crippen LogP contribution is -2.37. The van der Waals surface area contributed by atoms with Gasteiger partial charge in [0.2, 0.25) is 0 Å². The van der Waals surface area contributed by atoms with Gasteiger partial charge in [0.15, 0.2) is 6.10 Å². The quantitative estimate of drug-likeness (QED) is 0.0128. The summed E-state index contributed by atoms with van der Waals surface area (Å²) in [4.78, 5) is 45.4. The molecule has 0 fully saturated rings. The van der Waals surface area contributed by atoms with E-state index < -0.39 is 26.5 Å². The summed E-state index contributed by atoms with van der Waals surface area (Å²) >= 11 is 0. The Hall–Kier alpha value is -1.84.